The Bertz CT molecular complexity index is 909. The second kappa shape index (κ2) is 8.30. The molecule has 8 heteroatoms. The largest absolute Gasteiger partial charge is 0.459 e. The summed E-state index contributed by atoms with van der Waals surface area (Å²) in [6, 6.07) is 15.4. The number of anilines is 2. The van der Waals surface area contributed by atoms with Crippen LogP contribution in [0.15, 0.2) is 60.8 Å². The molecule has 0 atom stereocenters. The normalized spacial score (nSPS) is 10.2. The lowest BCUT2D eigenvalue weighted by atomic mass is 10.2. The number of benzene rings is 2. The molecule has 2 N–H and O–H groups in total. The van der Waals surface area contributed by atoms with Crippen LogP contribution in [-0.4, -0.2) is 15.1 Å². The van der Waals surface area contributed by atoms with Gasteiger partial charge < -0.3 is 15.4 Å². The highest BCUT2D eigenvalue weighted by molar-refractivity contribution is 7.80. The van der Waals surface area contributed by atoms with Gasteiger partial charge in [-0.05, 0) is 29.9 Å². The van der Waals surface area contributed by atoms with E-state index in [-0.39, 0.29) is 29.2 Å². The molecule has 0 aliphatic rings. The van der Waals surface area contributed by atoms with Crippen LogP contribution in [-0.2, 0) is 6.61 Å². The van der Waals surface area contributed by atoms with Crippen molar-refractivity contribution in [1.29, 1.82) is 0 Å². The van der Waals surface area contributed by atoms with Gasteiger partial charge in [0.25, 0.3) is 0 Å². The predicted molar refractivity (Wildman–Crippen MR) is 99.0 cm³/mol. The maximum absolute atomic E-state index is 13.9. The van der Waals surface area contributed by atoms with E-state index in [2.05, 4.69) is 20.6 Å². The molecule has 26 heavy (non-hydrogen) atoms. The third-order valence-corrected chi connectivity index (χ3v) is 3.49. The van der Waals surface area contributed by atoms with Gasteiger partial charge in [0.05, 0.1) is 11.9 Å². The lowest BCUT2D eigenvalue weighted by molar-refractivity contribution is 0.280. The Labute approximate surface area is 154 Å². The fraction of sp³-hybridized carbons (Fsp3) is 0.0556. The Kier molecular flexibility index (Phi) is 5.65. The van der Waals surface area contributed by atoms with Crippen LogP contribution >= 0.6 is 12.2 Å². The van der Waals surface area contributed by atoms with Crippen LogP contribution in [0.3, 0.4) is 0 Å². The summed E-state index contributed by atoms with van der Waals surface area (Å²) >= 11 is 5.06. The minimum absolute atomic E-state index is 0.00792. The Balaban J connectivity index is 1.65. The topological polar surface area (TPSA) is 59.1 Å². The zero-order valence-corrected chi connectivity index (χ0v) is 14.3. The summed E-state index contributed by atoms with van der Waals surface area (Å²) in [5.41, 5.74) is 1.09. The SMILES string of the molecule is Fc1ccccc1NC(=S)Nc1nc(OCc2ccccc2)ncc1F. The van der Waals surface area contributed by atoms with E-state index in [4.69, 9.17) is 17.0 Å². The molecule has 0 aliphatic carbocycles. The highest BCUT2D eigenvalue weighted by Gasteiger charge is 2.11. The lowest BCUT2D eigenvalue weighted by Gasteiger charge is -2.12. The highest BCUT2D eigenvalue weighted by atomic mass is 32.1. The van der Waals surface area contributed by atoms with E-state index < -0.39 is 11.6 Å². The highest BCUT2D eigenvalue weighted by Crippen LogP contribution is 2.16. The van der Waals surface area contributed by atoms with Crippen molar-refractivity contribution in [3.05, 3.63) is 78.0 Å². The van der Waals surface area contributed by atoms with Crippen molar-refractivity contribution in [3.63, 3.8) is 0 Å². The number of hydrogen-bond donors (Lipinski definition) is 2. The van der Waals surface area contributed by atoms with E-state index in [1.807, 2.05) is 30.3 Å². The number of halogens is 2. The maximum atomic E-state index is 13.9. The molecule has 0 spiro atoms. The first-order valence-electron chi connectivity index (χ1n) is 7.63. The van der Waals surface area contributed by atoms with Crippen molar-refractivity contribution in [1.82, 2.24) is 9.97 Å². The van der Waals surface area contributed by atoms with Crippen molar-refractivity contribution < 1.29 is 13.5 Å². The van der Waals surface area contributed by atoms with Crippen molar-refractivity contribution in [2.24, 2.45) is 0 Å². The van der Waals surface area contributed by atoms with Gasteiger partial charge in [-0.15, -0.1) is 0 Å². The smallest absolute Gasteiger partial charge is 0.318 e. The number of ether oxygens (including phenoxy) is 1. The number of rotatable bonds is 5. The molecule has 3 aromatic rings. The van der Waals surface area contributed by atoms with Crippen molar-refractivity contribution >= 4 is 28.8 Å². The zero-order valence-electron chi connectivity index (χ0n) is 13.4. The third-order valence-electron chi connectivity index (χ3n) is 3.29. The molecule has 5 nitrogen and oxygen atoms in total. The Morgan fingerprint density at radius 3 is 2.46 bits per heavy atom. The summed E-state index contributed by atoms with van der Waals surface area (Å²) in [7, 11) is 0. The van der Waals surface area contributed by atoms with Crippen LogP contribution < -0.4 is 15.4 Å². The van der Waals surface area contributed by atoms with Gasteiger partial charge in [0.1, 0.15) is 12.4 Å². The molecule has 2 aromatic carbocycles. The number of thiocarbonyl (C=S) groups is 1. The molecule has 0 radical (unpaired) electrons. The quantitative estimate of drug-likeness (QED) is 0.657. The van der Waals surface area contributed by atoms with Gasteiger partial charge >= 0.3 is 6.01 Å². The first kappa shape index (κ1) is 17.7. The number of aromatic nitrogens is 2. The van der Waals surface area contributed by atoms with E-state index in [0.29, 0.717) is 0 Å². The van der Waals surface area contributed by atoms with Crippen molar-refractivity contribution in [2.45, 2.75) is 6.61 Å². The van der Waals surface area contributed by atoms with E-state index in [9.17, 15) is 8.78 Å². The minimum atomic E-state index is -0.713. The molecule has 3 rings (SSSR count). The van der Waals surface area contributed by atoms with Gasteiger partial charge in [0.15, 0.2) is 16.7 Å². The van der Waals surface area contributed by atoms with Crippen LogP contribution in [0.1, 0.15) is 5.56 Å². The van der Waals surface area contributed by atoms with Gasteiger partial charge in [-0.2, -0.15) is 4.98 Å². The molecule has 0 bridgehead atoms. The fourth-order valence-electron chi connectivity index (χ4n) is 2.05. The number of hydrogen-bond acceptors (Lipinski definition) is 4. The summed E-state index contributed by atoms with van der Waals surface area (Å²) in [5, 5.41) is 5.20. The van der Waals surface area contributed by atoms with Crippen molar-refractivity contribution in [2.75, 3.05) is 10.6 Å². The first-order chi connectivity index (χ1) is 12.6. The monoisotopic (exact) mass is 372 g/mol. The molecule has 0 saturated carbocycles. The Hall–Kier alpha value is -3.13. The molecule has 0 unspecified atom stereocenters. The molecule has 0 fully saturated rings. The zero-order chi connectivity index (χ0) is 18.4. The maximum Gasteiger partial charge on any atom is 0.318 e. The van der Waals surface area contributed by atoms with Crippen LogP contribution in [0.2, 0.25) is 0 Å². The van der Waals surface area contributed by atoms with E-state index in [1.54, 1.807) is 12.1 Å². The van der Waals surface area contributed by atoms with Gasteiger partial charge in [-0.1, -0.05) is 42.5 Å². The molecule has 0 aliphatic heterocycles. The molecule has 0 amide bonds. The summed E-state index contributed by atoms with van der Waals surface area (Å²) < 4.78 is 33.0. The lowest BCUT2D eigenvalue weighted by Crippen LogP contribution is -2.21. The average Bonchev–Trinajstić information content (AvgIpc) is 2.65. The van der Waals surface area contributed by atoms with Crippen LogP contribution in [0.4, 0.5) is 20.3 Å². The number of nitrogens with zero attached hydrogens (tertiary/aromatic N) is 2. The minimum Gasteiger partial charge on any atom is -0.459 e. The Morgan fingerprint density at radius 1 is 0.962 bits per heavy atom. The average molecular weight is 372 g/mol. The van der Waals surface area contributed by atoms with Gasteiger partial charge in [-0.3, -0.25) is 0 Å². The van der Waals surface area contributed by atoms with Crippen LogP contribution in [0, 0.1) is 11.6 Å². The second-order valence-corrected chi connectivity index (χ2v) is 5.59. The van der Waals surface area contributed by atoms with E-state index in [1.165, 1.54) is 12.1 Å². The summed E-state index contributed by atoms with van der Waals surface area (Å²) in [6.07, 6.45) is 0.974. The molecular weight excluding hydrogens is 358 g/mol. The van der Waals surface area contributed by atoms with Crippen LogP contribution in [0.25, 0.3) is 0 Å². The third kappa shape index (κ3) is 4.70. The van der Waals surface area contributed by atoms with Gasteiger partial charge in [0, 0.05) is 0 Å². The second-order valence-electron chi connectivity index (χ2n) is 5.18. The molecule has 132 valence electrons. The predicted octanol–water partition coefficient (Wildman–Crippen LogP) is 4.14. The van der Waals surface area contributed by atoms with E-state index >= 15 is 0 Å². The number of para-hydroxylation sites is 1. The summed E-state index contributed by atoms with van der Waals surface area (Å²) in [6.45, 7) is 0.240. The van der Waals surface area contributed by atoms with Crippen molar-refractivity contribution in [3.8, 4) is 6.01 Å². The van der Waals surface area contributed by atoms with Crippen LogP contribution in [0.5, 0.6) is 6.01 Å². The first-order valence-corrected chi connectivity index (χ1v) is 8.04. The molecule has 1 heterocycles. The number of nitrogens with one attached hydrogen (secondary N) is 2. The van der Waals surface area contributed by atoms with Gasteiger partial charge in [0.2, 0.25) is 0 Å². The summed E-state index contributed by atoms with van der Waals surface area (Å²) in [5.74, 6) is -1.36. The Morgan fingerprint density at radius 2 is 1.69 bits per heavy atom. The van der Waals surface area contributed by atoms with Gasteiger partial charge in [-0.25, -0.2) is 13.8 Å². The standard InChI is InChI=1S/C18H14F2N4OS/c19-13-8-4-5-9-15(13)22-18(26)24-16-14(20)10-21-17(23-16)25-11-12-6-2-1-3-7-12/h1-10H,11H2,(H2,21,22,23,24,26). The summed E-state index contributed by atoms with van der Waals surface area (Å²) in [4.78, 5) is 7.74. The fourth-order valence-corrected chi connectivity index (χ4v) is 2.26. The molecule has 1 aromatic heterocycles. The molecular formula is C18H14F2N4OS. The molecule has 0 saturated heterocycles. The van der Waals surface area contributed by atoms with E-state index in [0.717, 1.165) is 11.8 Å².